The summed E-state index contributed by atoms with van der Waals surface area (Å²) in [6.07, 6.45) is 66.4. The molecule has 0 bridgehead atoms. The maximum atomic E-state index is 12.5. The number of carbonyl (C=O) groups is 2. The SMILES string of the molecule is CCCCCCCC/C=C\CCCCCCCC(=O)OCCCCCCCCCCCCCCCCCCCCCCC(=O)NC(CO)C(O)CCCCCCCCCCCCCCCC. The first-order chi connectivity index (χ1) is 32.5. The fraction of sp³-hybridized carbons (Fsp3) is 0.933. The second kappa shape index (κ2) is 56.2. The van der Waals surface area contributed by atoms with Crippen molar-refractivity contribution >= 4 is 11.9 Å². The zero-order chi connectivity index (χ0) is 47.9. The standard InChI is InChI=1S/C60H117NO5/c1-3-5-7-9-11-13-15-17-25-30-34-38-42-46-50-54-60(65)66-55-51-47-43-39-35-31-27-24-22-20-19-21-23-26-29-33-37-41-45-49-53-59(64)61-57(56-62)58(63)52-48-44-40-36-32-28-18-16-14-12-10-8-6-4-2/h17,25,57-58,62-63H,3-16,18-24,26-56H2,1-2H3,(H,61,64)/b25-17-. The van der Waals surface area contributed by atoms with Gasteiger partial charge in [0.25, 0.3) is 0 Å². The molecule has 392 valence electrons. The van der Waals surface area contributed by atoms with Gasteiger partial charge in [-0.2, -0.15) is 0 Å². The molecule has 6 nitrogen and oxygen atoms in total. The first-order valence-corrected chi connectivity index (χ1v) is 29.9. The number of allylic oxidation sites excluding steroid dienone is 2. The van der Waals surface area contributed by atoms with E-state index in [2.05, 4.69) is 31.3 Å². The van der Waals surface area contributed by atoms with Crippen molar-refractivity contribution in [3.63, 3.8) is 0 Å². The topological polar surface area (TPSA) is 95.9 Å². The lowest BCUT2D eigenvalue weighted by Crippen LogP contribution is -2.45. The van der Waals surface area contributed by atoms with Crippen LogP contribution >= 0.6 is 0 Å². The van der Waals surface area contributed by atoms with E-state index in [4.69, 9.17) is 4.74 Å². The van der Waals surface area contributed by atoms with Crippen LogP contribution in [0.1, 0.15) is 335 Å². The minimum atomic E-state index is -0.664. The second-order valence-corrected chi connectivity index (χ2v) is 20.7. The monoisotopic (exact) mass is 932 g/mol. The van der Waals surface area contributed by atoms with E-state index in [1.807, 2.05) is 0 Å². The Morgan fingerprint density at radius 3 is 1.08 bits per heavy atom. The van der Waals surface area contributed by atoms with Crippen molar-refractivity contribution < 1.29 is 24.5 Å². The lowest BCUT2D eigenvalue weighted by atomic mass is 10.0. The number of aliphatic hydroxyl groups is 2. The van der Waals surface area contributed by atoms with Gasteiger partial charge < -0.3 is 20.3 Å². The van der Waals surface area contributed by atoms with E-state index in [0.29, 0.717) is 25.9 Å². The minimum Gasteiger partial charge on any atom is -0.466 e. The van der Waals surface area contributed by atoms with Gasteiger partial charge in [-0.05, 0) is 51.4 Å². The summed E-state index contributed by atoms with van der Waals surface area (Å²) >= 11 is 0. The summed E-state index contributed by atoms with van der Waals surface area (Å²) in [6.45, 7) is 4.96. The van der Waals surface area contributed by atoms with Crippen LogP contribution in [-0.4, -0.2) is 47.4 Å². The van der Waals surface area contributed by atoms with Crippen molar-refractivity contribution in [3.05, 3.63) is 12.2 Å². The average molecular weight is 933 g/mol. The molecule has 0 aromatic heterocycles. The Kier molecular flexibility index (Phi) is 55.0. The number of aliphatic hydroxyl groups excluding tert-OH is 2. The molecule has 1 amide bonds. The van der Waals surface area contributed by atoms with Crippen LogP contribution in [0.4, 0.5) is 0 Å². The Hall–Kier alpha value is -1.40. The summed E-state index contributed by atoms with van der Waals surface area (Å²) in [5.74, 6) is -0.0318. The highest BCUT2D eigenvalue weighted by Crippen LogP contribution is 2.18. The normalized spacial score (nSPS) is 12.6. The number of nitrogens with one attached hydrogen (secondary N) is 1. The van der Waals surface area contributed by atoms with Crippen molar-refractivity contribution in [1.82, 2.24) is 5.32 Å². The van der Waals surface area contributed by atoms with E-state index in [0.717, 1.165) is 44.9 Å². The Morgan fingerprint density at radius 1 is 0.409 bits per heavy atom. The van der Waals surface area contributed by atoms with Crippen LogP contribution in [0.25, 0.3) is 0 Å². The maximum absolute atomic E-state index is 12.5. The fourth-order valence-corrected chi connectivity index (χ4v) is 9.46. The van der Waals surface area contributed by atoms with E-state index in [1.165, 1.54) is 257 Å². The molecule has 0 fully saturated rings. The van der Waals surface area contributed by atoms with E-state index in [-0.39, 0.29) is 18.5 Å². The van der Waals surface area contributed by atoms with E-state index >= 15 is 0 Å². The summed E-state index contributed by atoms with van der Waals surface area (Å²) in [5, 5.41) is 23.3. The smallest absolute Gasteiger partial charge is 0.305 e. The highest BCUT2D eigenvalue weighted by molar-refractivity contribution is 5.76. The van der Waals surface area contributed by atoms with Gasteiger partial charge in [-0.3, -0.25) is 9.59 Å². The summed E-state index contributed by atoms with van der Waals surface area (Å²) in [6, 6.07) is -0.542. The molecule has 0 heterocycles. The first-order valence-electron chi connectivity index (χ1n) is 29.9. The predicted molar refractivity (Wildman–Crippen MR) is 287 cm³/mol. The molecule has 0 aliphatic heterocycles. The van der Waals surface area contributed by atoms with Gasteiger partial charge in [0, 0.05) is 12.8 Å². The molecule has 0 aromatic carbocycles. The number of rotatable bonds is 56. The van der Waals surface area contributed by atoms with E-state index in [1.54, 1.807) is 0 Å². The molecule has 2 atom stereocenters. The minimum absolute atomic E-state index is 0.00330. The Morgan fingerprint density at radius 2 is 0.712 bits per heavy atom. The molecule has 66 heavy (non-hydrogen) atoms. The third-order valence-corrected chi connectivity index (χ3v) is 14.1. The third-order valence-electron chi connectivity index (χ3n) is 14.1. The van der Waals surface area contributed by atoms with Gasteiger partial charge in [0.2, 0.25) is 5.91 Å². The molecule has 0 saturated heterocycles. The van der Waals surface area contributed by atoms with Crippen LogP contribution in [0.15, 0.2) is 12.2 Å². The maximum Gasteiger partial charge on any atom is 0.305 e. The molecule has 0 aliphatic carbocycles. The molecule has 0 spiro atoms. The van der Waals surface area contributed by atoms with Crippen LogP contribution in [0.3, 0.4) is 0 Å². The van der Waals surface area contributed by atoms with Crippen LogP contribution < -0.4 is 5.32 Å². The summed E-state index contributed by atoms with van der Waals surface area (Å²) < 4.78 is 5.48. The third kappa shape index (κ3) is 52.0. The highest BCUT2D eigenvalue weighted by Gasteiger charge is 2.20. The van der Waals surface area contributed by atoms with Crippen molar-refractivity contribution in [1.29, 1.82) is 0 Å². The largest absolute Gasteiger partial charge is 0.466 e. The molecule has 2 unspecified atom stereocenters. The first kappa shape index (κ1) is 64.6. The molecule has 0 saturated carbocycles. The van der Waals surface area contributed by atoms with Crippen LogP contribution in [-0.2, 0) is 14.3 Å². The van der Waals surface area contributed by atoms with Gasteiger partial charge in [-0.15, -0.1) is 0 Å². The molecular formula is C60H117NO5. The van der Waals surface area contributed by atoms with Crippen LogP contribution in [0, 0.1) is 0 Å². The van der Waals surface area contributed by atoms with Gasteiger partial charge >= 0.3 is 5.97 Å². The number of unbranched alkanes of at least 4 members (excludes halogenated alkanes) is 43. The van der Waals surface area contributed by atoms with E-state index in [9.17, 15) is 19.8 Å². The lowest BCUT2D eigenvalue weighted by molar-refractivity contribution is -0.143. The Bertz CT molecular complexity index is 986. The molecule has 0 aromatic rings. The summed E-state index contributed by atoms with van der Waals surface area (Å²) in [7, 11) is 0. The molecule has 0 rings (SSSR count). The number of hydrogen-bond acceptors (Lipinski definition) is 5. The highest BCUT2D eigenvalue weighted by atomic mass is 16.5. The van der Waals surface area contributed by atoms with Gasteiger partial charge in [0.15, 0.2) is 0 Å². The van der Waals surface area contributed by atoms with Crippen molar-refractivity contribution in [3.8, 4) is 0 Å². The Balaban J connectivity index is 3.38. The van der Waals surface area contributed by atoms with Crippen LogP contribution in [0.2, 0.25) is 0 Å². The number of ether oxygens (including phenoxy) is 1. The zero-order valence-corrected chi connectivity index (χ0v) is 44.7. The predicted octanol–water partition coefficient (Wildman–Crippen LogP) is 18.5. The molecule has 0 aliphatic rings. The number of esters is 1. The average Bonchev–Trinajstić information content (AvgIpc) is 3.32. The van der Waals surface area contributed by atoms with Gasteiger partial charge in [0.05, 0.1) is 25.4 Å². The summed E-state index contributed by atoms with van der Waals surface area (Å²) in [5.41, 5.74) is 0. The number of amides is 1. The molecule has 3 N–H and O–H groups in total. The quantitative estimate of drug-likeness (QED) is 0.0321. The molecule has 6 heteroatoms. The number of hydrogen-bond donors (Lipinski definition) is 3. The van der Waals surface area contributed by atoms with Crippen molar-refractivity contribution in [2.24, 2.45) is 0 Å². The van der Waals surface area contributed by atoms with Crippen molar-refractivity contribution in [2.75, 3.05) is 13.2 Å². The van der Waals surface area contributed by atoms with Crippen molar-refractivity contribution in [2.45, 2.75) is 347 Å². The second-order valence-electron chi connectivity index (χ2n) is 20.7. The van der Waals surface area contributed by atoms with Crippen LogP contribution in [0.5, 0.6) is 0 Å². The van der Waals surface area contributed by atoms with Gasteiger partial charge in [-0.25, -0.2) is 0 Å². The lowest BCUT2D eigenvalue weighted by Gasteiger charge is -2.22. The summed E-state index contributed by atoms with van der Waals surface area (Å²) in [4.78, 5) is 24.5. The molecular weight excluding hydrogens is 815 g/mol. The number of carbonyl (C=O) groups excluding carboxylic acids is 2. The Labute approximate surface area is 412 Å². The fourth-order valence-electron chi connectivity index (χ4n) is 9.46. The van der Waals surface area contributed by atoms with E-state index < -0.39 is 12.1 Å². The zero-order valence-electron chi connectivity index (χ0n) is 44.7. The van der Waals surface area contributed by atoms with Gasteiger partial charge in [0.1, 0.15) is 0 Å². The van der Waals surface area contributed by atoms with Gasteiger partial charge in [-0.1, -0.05) is 283 Å². The molecule has 0 radical (unpaired) electrons.